The third-order valence-corrected chi connectivity index (χ3v) is 16.5. The van der Waals surface area contributed by atoms with Gasteiger partial charge in [-0.15, -0.1) is 12.3 Å². The monoisotopic (exact) mass is 575 g/mol. The molecule has 0 radical (unpaired) electrons. The van der Waals surface area contributed by atoms with Gasteiger partial charge in [0.1, 0.15) is 6.61 Å². The van der Waals surface area contributed by atoms with Gasteiger partial charge in [-0.1, -0.05) is 60.3 Å². The number of rotatable bonds is 12. The number of thioether (sulfide) groups is 1. The predicted molar refractivity (Wildman–Crippen MR) is 164 cm³/mol. The van der Waals surface area contributed by atoms with E-state index in [0.29, 0.717) is 19.6 Å². The SMILES string of the molecule is C#CCc1cnc(SC[Si](C)(C)O[Si](C)(C)CCCNC(=O)OCC2c3ccccc3-c3ccccc32)nc1. The maximum absolute atomic E-state index is 12.5. The van der Waals surface area contributed by atoms with E-state index < -0.39 is 16.6 Å². The van der Waals surface area contributed by atoms with Crippen molar-refractivity contribution < 1.29 is 13.6 Å². The molecule has 2 aromatic carbocycles. The average molecular weight is 576 g/mol. The summed E-state index contributed by atoms with van der Waals surface area (Å²) >= 11 is 1.65. The molecule has 1 amide bonds. The smallest absolute Gasteiger partial charge is 0.407 e. The fraction of sp³-hybridized carbons (Fsp3) is 0.367. The van der Waals surface area contributed by atoms with Crippen LogP contribution in [0, 0.1) is 12.3 Å². The molecule has 1 aliphatic carbocycles. The number of nitrogens with one attached hydrogen (secondary N) is 1. The molecule has 0 aliphatic heterocycles. The Morgan fingerprint density at radius 2 is 1.62 bits per heavy atom. The van der Waals surface area contributed by atoms with Gasteiger partial charge in [0.25, 0.3) is 0 Å². The van der Waals surface area contributed by atoms with Crippen LogP contribution in [-0.4, -0.2) is 51.2 Å². The molecule has 1 N–H and O–H groups in total. The number of nitrogens with zero attached hydrogens (tertiary/aromatic N) is 2. The Morgan fingerprint density at radius 3 is 2.23 bits per heavy atom. The molecule has 1 aliphatic rings. The molecule has 3 aromatic rings. The van der Waals surface area contributed by atoms with Gasteiger partial charge in [0.05, 0.1) is 0 Å². The van der Waals surface area contributed by atoms with Crippen molar-refractivity contribution in [2.45, 2.75) is 56.1 Å². The quantitative estimate of drug-likeness (QED) is 0.0858. The van der Waals surface area contributed by atoms with Crippen LogP contribution in [-0.2, 0) is 15.3 Å². The van der Waals surface area contributed by atoms with Gasteiger partial charge in [0.2, 0.25) is 0 Å². The largest absolute Gasteiger partial charge is 0.455 e. The summed E-state index contributed by atoms with van der Waals surface area (Å²) in [6, 6.07) is 17.7. The first-order valence-corrected chi connectivity index (χ1v) is 20.6. The third kappa shape index (κ3) is 8.05. The van der Waals surface area contributed by atoms with Gasteiger partial charge in [-0.05, 0) is 60.9 Å². The minimum atomic E-state index is -1.92. The van der Waals surface area contributed by atoms with E-state index >= 15 is 0 Å². The average Bonchev–Trinajstić information content (AvgIpc) is 3.23. The van der Waals surface area contributed by atoms with Gasteiger partial charge in [-0.25, -0.2) is 14.8 Å². The van der Waals surface area contributed by atoms with E-state index in [-0.39, 0.29) is 12.0 Å². The molecule has 1 heterocycles. The summed E-state index contributed by atoms with van der Waals surface area (Å²) in [7, 11) is -3.81. The van der Waals surface area contributed by atoms with Crippen LogP contribution >= 0.6 is 11.8 Å². The lowest BCUT2D eigenvalue weighted by Crippen LogP contribution is -2.46. The van der Waals surface area contributed by atoms with Crippen molar-refractivity contribution in [3.05, 3.63) is 77.6 Å². The third-order valence-electron chi connectivity index (χ3n) is 6.66. The Bertz CT molecular complexity index is 1280. The highest BCUT2D eigenvalue weighted by molar-refractivity contribution is 8.00. The molecule has 4 rings (SSSR count). The lowest BCUT2D eigenvalue weighted by Gasteiger charge is -2.33. The van der Waals surface area contributed by atoms with Crippen LogP contribution in [0.5, 0.6) is 0 Å². The van der Waals surface area contributed by atoms with Crippen LogP contribution in [0.1, 0.15) is 29.0 Å². The summed E-state index contributed by atoms with van der Waals surface area (Å²) in [6.07, 6.45) is 9.99. The van der Waals surface area contributed by atoms with Gasteiger partial charge in [0, 0.05) is 42.2 Å². The molecular formula is C30H37N3O3SSi2. The summed E-state index contributed by atoms with van der Waals surface area (Å²) in [6.45, 7) is 9.91. The number of benzene rings is 2. The van der Waals surface area contributed by atoms with Crippen LogP contribution < -0.4 is 5.32 Å². The normalized spacial score (nSPS) is 12.9. The molecule has 39 heavy (non-hydrogen) atoms. The Morgan fingerprint density at radius 1 is 1.00 bits per heavy atom. The Kier molecular flexibility index (Phi) is 9.67. The Balaban J connectivity index is 1.18. The van der Waals surface area contributed by atoms with Gasteiger partial charge >= 0.3 is 6.09 Å². The van der Waals surface area contributed by atoms with E-state index in [1.807, 2.05) is 12.1 Å². The number of hydrogen-bond donors (Lipinski definition) is 1. The first-order chi connectivity index (χ1) is 18.7. The number of aromatic nitrogens is 2. The first-order valence-electron chi connectivity index (χ1n) is 13.3. The van der Waals surface area contributed by atoms with Crippen molar-refractivity contribution in [3.63, 3.8) is 0 Å². The van der Waals surface area contributed by atoms with E-state index in [1.54, 1.807) is 24.2 Å². The molecule has 0 saturated carbocycles. The minimum Gasteiger partial charge on any atom is -0.455 e. The number of carbonyl (C=O) groups excluding carboxylic acids is 1. The zero-order valence-electron chi connectivity index (χ0n) is 23.2. The topological polar surface area (TPSA) is 73.3 Å². The second-order valence-corrected chi connectivity index (χ2v) is 21.2. The summed E-state index contributed by atoms with van der Waals surface area (Å²) < 4.78 is 12.4. The molecule has 0 atom stereocenters. The highest BCUT2D eigenvalue weighted by Crippen LogP contribution is 2.44. The van der Waals surface area contributed by atoms with Gasteiger partial charge in [-0.3, -0.25) is 0 Å². The van der Waals surface area contributed by atoms with E-state index in [9.17, 15) is 4.79 Å². The minimum absolute atomic E-state index is 0.0687. The van der Waals surface area contributed by atoms with E-state index in [2.05, 4.69) is 83.8 Å². The maximum atomic E-state index is 12.5. The predicted octanol–water partition coefficient (Wildman–Crippen LogP) is 6.64. The van der Waals surface area contributed by atoms with Crippen LogP contribution in [0.3, 0.4) is 0 Å². The fourth-order valence-corrected chi connectivity index (χ4v) is 15.4. The van der Waals surface area contributed by atoms with Crippen LogP contribution in [0.4, 0.5) is 4.79 Å². The van der Waals surface area contributed by atoms with Crippen molar-refractivity contribution in [1.82, 2.24) is 15.3 Å². The van der Waals surface area contributed by atoms with Gasteiger partial charge in [0.15, 0.2) is 21.8 Å². The lowest BCUT2D eigenvalue weighted by atomic mass is 9.98. The first kappa shape index (κ1) is 29.1. The molecule has 0 fully saturated rings. The number of ether oxygens (including phenoxy) is 1. The van der Waals surface area contributed by atoms with Gasteiger partial charge < -0.3 is 14.2 Å². The fourth-order valence-electron chi connectivity index (χ4n) is 5.05. The zero-order valence-corrected chi connectivity index (χ0v) is 26.0. The summed E-state index contributed by atoms with van der Waals surface area (Å²) in [5, 5.41) is 4.58. The van der Waals surface area contributed by atoms with Crippen LogP contribution in [0.15, 0.2) is 66.1 Å². The number of alkyl carbamates (subject to hydrolysis) is 1. The molecule has 9 heteroatoms. The zero-order chi connectivity index (χ0) is 27.9. The van der Waals surface area contributed by atoms with Crippen LogP contribution in [0.2, 0.25) is 32.2 Å². The van der Waals surface area contributed by atoms with Crippen molar-refractivity contribution in [2.24, 2.45) is 0 Å². The Hall–Kier alpha value is -2.91. The number of fused-ring (bicyclic) bond motifs is 3. The van der Waals surface area contributed by atoms with Crippen LogP contribution in [0.25, 0.3) is 11.1 Å². The molecule has 0 saturated heterocycles. The summed E-state index contributed by atoms with van der Waals surface area (Å²) in [5.74, 6) is 2.68. The molecule has 0 bridgehead atoms. The molecule has 204 valence electrons. The van der Waals surface area contributed by atoms with Crippen molar-refractivity contribution in [3.8, 4) is 23.5 Å². The maximum Gasteiger partial charge on any atom is 0.407 e. The van der Waals surface area contributed by atoms with Crippen molar-refractivity contribution in [2.75, 3.05) is 18.5 Å². The number of hydrogen-bond acceptors (Lipinski definition) is 6. The highest BCUT2D eigenvalue weighted by Gasteiger charge is 2.33. The number of carbonyl (C=O) groups is 1. The van der Waals surface area contributed by atoms with E-state index in [4.69, 9.17) is 15.3 Å². The van der Waals surface area contributed by atoms with Crippen molar-refractivity contribution in [1.29, 1.82) is 0 Å². The molecule has 0 unspecified atom stereocenters. The summed E-state index contributed by atoms with van der Waals surface area (Å²) in [5.41, 5.74) is 5.84. The molecule has 1 aromatic heterocycles. The molecular weight excluding hydrogens is 539 g/mol. The van der Waals surface area contributed by atoms with E-state index in [1.165, 1.54) is 22.3 Å². The second-order valence-electron chi connectivity index (χ2n) is 11.0. The Labute approximate surface area is 238 Å². The standard InChI is InChI=1S/C30H37N3O3SSi2/c1-6-12-23-19-32-29(33-20-23)37-22-39(4,5)36-38(2,3)18-11-17-31-30(34)35-21-28-26-15-9-7-13-24(26)25-14-8-10-16-27(25)28/h1,7-10,13-16,19-20,28H,11-12,17-18,21-22H2,2-5H3,(H,31,34). The molecule has 0 spiro atoms. The summed E-state index contributed by atoms with van der Waals surface area (Å²) in [4.78, 5) is 21.3. The number of terminal acetylenes is 1. The van der Waals surface area contributed by atoms with E-state index in [0.717, 1.165) is 28.6 Å². The molecule has 6 nitrogen and oxygen atoms in total. The van der Waals surface area contributed by atoms with Crippen molar-refractivity contribution >= 4 is 34.5 Å². The highest BCUT2D eigenvalue weighted by atomic mass is 32.2. The lowest BCUT2D eigenvalue weighted by molar-refractivity contribution is 0.143. The van der Waals surface area contributed by atoms with Gasteiger partial charge in [-0.2, -0.15) is 0 Å². The number of amides is 1. The second kappa shape index (κ2) is 13.0.